The van der Waals surface area contributed by atoms with Crippen LogP contribution in [0.2, 0.25) is 0 Å². The number of nitrogens with zero attached hydrogens (tertiary/aromatic N) is 1. The Morgan fingerprint density at radius 1 is 1.75 bits per heavy atom. The lowest BCUT2D eigenvalue weighted by atomic mass is 10.1. The third-order valence-electron chi connectivity index (χ3n) is 2.18. The second-order valence-corrected chi connectivity index (χ2v) is 3.73. The Kier molecular flexibility index (Phi) is 3.91. The number of hydrogen-bond donors (Lipinski definition) is 1. The highest BCUT2D eigenvalue weighted by molar-refractivity contribution is 7.80. The molecule has 1 fully saturated rings. The molecule has 12 heavy (non-hydrogen) atoms. The molecule has 2 N–H and O–H groups in total. The van der Waals surface area contributed by atoms with Crippen molar-refractivity contribution in [3.8, 4) is 0 Å². The van der Waals surface area contributed by atoms with Gasteiger partial charge in [0, 0.05) is 20.2 Å². The van der Waals surface area contributed by atoms with Crippen LogP contribution in [-0.2, 0) is 4.74 Å². The maximum Gasteiger partial charge on any atom is 0.0870 e. The Bertz CT molecular complexity index is 163. The van der Waals surface area contributed by atoms with E-state index < -0.39 is 0 Å². The van der Waals surface area contributed by atoms with E-state index in [-0.39, 0.29) is 0 Å². The summed E-state index contributed by atoms with van der Waals surface area (Å²) in [7, 11) is 1.76. The number of methoxy groups -OCH3 is 1. The lowest BCUT2D eigenvalue weighted by Crippen LogP contribution is -2.42. The summed E-state index contributed by atoms with van der Waals surface area (Å²) in [5, 5.41) is 0. The standard InChI is InChI=1S/C8H16N2OS/c1-11-7-3-2-4-10(5-7)6-8(9)12/h7H,2-6H2,1H3,(H2,9,12). The van der Waals surface area contributed by atoms with Gasteiger partial charge in [-0.05, 0) is 19.4 Å². The molecule has 0 aromatic carbocycles. The van der Waals surface area contributed by atoms with Crippen LogP contribution in [0.15, 0.2) is 0 Å². The van der Waals surface area contributed by atoms with Crippen LogP contribution in [0, 0.1) is 0 Å². The summed E-state index contributed by atoms with van der Waals surface area (Å²) in [6.45, 7) is 2.79. The highest BCUT2D eigenvalue weighted by atomic mass is 32.1. The highest BCUT2D eigenvalue weighted by Crippen LogP contribution is 2.11. The SMILES string of the molecule is COC1CCCN(CC(N)=S)C1. The summed E-state index contributed by atoms with van der Waals surface area (Å²) in [4.78, 5) is 2.83. The molecule has 0 amide bonds. The summed E-state index contributed by atoms with van der Waals surface area (Å²) in [5.74, 6) is 0. The Balaban J connectivity index is 2.30. The fourth-order valence-corrected chi connectivity index (χ4v) is 1.75. The van der Waals surface area contributed by atoms with Crippen LogP contribution in [0.25, 0.3) is 0 Å². The first kappa shape index (κ1) is 9.89. The molecule has 0 aromatic rings. The van der Waals surface area contributed by atoms with Gasteiger partial charge in [0.1, 0.15) is 0 Å². The van der Waals surface area contributed by atoms with E-state index >= 15 is 0 Å². The van der Waals surface area contributed by atoms with Crippen LogP contribution in [0.4, 0.5) is 0 Å². The summed E-state index contributed by atoms with van der Waals surface area (Å²) in [6.07, 6.45) is 2.71. The van der Waals surface area contributed by atoms with Crippen molar-refractivity contribution in [3.63, 3.8) is 0 Å². The Morgan fingerprint density at radius 3 is 3.08 bits per heavy atom. The first-order chi connectivity index (χ1) is 5.72. The molecule has 0 bridgehead atoms. The normalized spacial score (nSPS) is 25.6. The molecule has 1 unspecified atom stereocenters. The number of rotatable bonds is 3. The second-order valence-electron chi connectivity index (χ2n) is 3.20. The van der Waals surface area contributed by atoms with E-state index in [4.69, 9.17) is 22.7 Å². The van der Waals surface area contributed by atoms with Gasteiger partial charge in [0.05, 0.1) is 11.1 Å². The molecule has 0 spiro atoms. The monoisotopic (exact) mass is 188 g/mol. The van der Waals surface area contributed by atoms with Crippen LogP contribution >= 0.6 is 12.2 Å². The van der Waals surface area contributed by atoms with Crippen LogP contribution in [-0.4, -0.2) is 42.7 Å². The first-order valence-electron chi connectivity index (χ1n) is 4.26. The number of piperidine rings is 1. The molecular formula is C8H16N2OS. The molecular weight excluding hydrogens is 172 g/mol. The molecule has 0 radical (unpaired) electrons. The fourth-order valence-electron chi connectivity index (χ4n) is 1.57. The minimum absolute atomic E-state index is 0.369. The molecule has 1 atom stereocenters. The van der Waals surface area contributed by atoms with E-state index in [1.165, 1.54) is 6.42 Å². The van der Waals surface area contributed by atoms with Gasteiger partial charge in [-0.3, -0.25) is 4.90 Å². The second kappa shape index (κ2) is 4.74. The van der Waals surface area contributed by atoms with E-state index in [0.29, 0.717) is 11.1 Å². The molecule has 1 aliphatic heterocycles. The van der Waals surface area contributed by atoms with Crippen LogP contribution in [0.1, 0.15) is 12.8 Å². The minimum atomic E-state index is 0.369. The molecule has 0 saturated carbocycles. The quantitative estimate of drug-likeness (QED) is 0.650. The van der Waals surface area contributed by atoms with Gasteiger partial charge in [-0.25, -0.2) is 0 Å². The lowest BCUT2D eigenvalue weighted by molar-refractivity contribution is 0.0371. The van der Waals surface area contributed by atoms with Gasteiger partial charge in [-0.15, -0.1) is 0 Å². The van der Waals surface area contributed by atoms with Crippen LogP contribution in [0.5, 0.6) is 0 Å². The summed E-state index contributed by atoms with van der Waals surface area (Å²) in [6, 6.07) is 0. The van der Waals surface area contributed by atoms with E-state index in [9.17, 15) is 0 Å². The van der Waals surface area contributed by atoms with E-state index in [2.05, 4.69) is 4.90 Å². The van der Waals surface area contributed by atoms with Crippen molar-refractivity contribution in [2.75, 3.05) is 26.7 Å². The van der Waals surface area contributed by atoms with Gasteiger partial charge in [-0.2, -0.15) is 0 Å². The zero-order valence-electron chi connectivity index (χ0n) is 7.45. The number of likely N-dealkylation sites (tertiary alicyclic amines) is 1. The van der Waals surface area contributed by atoms with Crippen molar-refractivity contribution in [1.82, 2.24) is 4.90 Å². The van der Waals surface area contributed by atoms with Crippen molar-refractivity contribution in [2.24, 2.45) is 5.73 Å². The van der Waals surface area contributed by atoms with E-state index in [1.807, 2.05) is 0 Å². The predicted molar refractivity (Wildman–Crippen MR) is 53.3 cm³/mol. The summed E-state index contributed by atoms with van der Waals surface area (Å²) >= 11 is 4.85. The number of thiocarbonyl (C=S) groups is 1. The highest BCUT2D eigenvalue weighted by Gasteiger charge is 2.19. The van der Waals surface area contributed by atoms with E-state index in [0.717, 1.165) is 26.1 Å². The van der Waals surface area contributed by atoms with Crippen molar-refractivity contribution in [3.05, 3.63) is 0 Å². The molecule has 1 rings (SSSR count). The maximum atomic E-state index is 5.46. The lowest BCUT2D eigenvalue weighted by Gasteiger charge is -2.31. The zero-order valence-corrected chi connectivity index (χ0v) is 8.27. The van der Waals surface area contributed by atoms with Crippen molar-refractivity contribution >= 4 is 17.2 Å². The molecule has 0 aromatic heterocycles. The maximum absolute atomic E-state index is 5.46. The van der Waals surface area contributed by atoms with Gasteiger partial charge in [0.15, 0.2) is 0 Å². The Hall–Kier alpha value is -0.190. The zero-order chi connectivity index (χ0) is 8.97. The smallest absolute Gasteiger partial charge is 0.0870 e. The van der Waals surface area contributed by atoms with Crippen LogP contribution < -0.4 is 5.73 Å². The topological polar surface area (TPSA) is 38.5 Å². The summed E-state index contributed by atoms with van der Waals surface area (Å²) in [5.41, 5.74) is 5.46. The Morgan fingerprint density at radius 2 is 2.50 bits per heavy atom. The molecule has 1 aliphatic rings. The van der Waals surface area contributed by atoms with E-state index in [1.54, 1.807) is 7.11 Å². The average Bonchev–Trinajstić information content (AvgIpc) is 2.03. The minimum Gasteiger partial charge on any atom is -0.392 e. The molecule has 70 valence electrons. The fraction of sp³-hybridized carbons (Fsp3) is 0.875. The number of nitrogens with two attached hydrogens (primary N) is 1. The van der Waals surface area contributed by atoms with Crippen molar-refractivity contribution in [1.29, 1.82) is 0 Å². The van der Waals surface area contributed by atoms with Gasteiger partial charge < -0.3 is 10.5 Å². The van der Waals surface area contributed by atoms with Gasteiger partial charge >= 0.3 is 0 Å². The first-order valence-corrected chi connectivity index (χ1v) is 4.66. The summed E-state index contributed by atoms with van der Waals surface area (Å²) < 4.78 is 5.28. The number of hydrogen-bond acceptors (Lipinski definition) is 3. The molecule has 3 nitrogen and oxygen atoms in total. The molecule has 1 saturated heterocycles. The Labute approximate surface area is 78.9 Å². The largest absolute Gasteiger partial charge is 0.392 e. The third kappa shape index (κ3) is 3.05. The van der Waals surface area contributed by atoms with Gasteiger partial charge in [0.25, 0.3) is 0 Å². The van der Waals surface area contributed by atoms with Crippen molar-refractivity contribution < 1.29 is 4.74 Å². The molecule has 1 heterocycles. The predicted octanol–water partition coefficient (Wildman–Crippen LogP) is 0.383. The van der Waals surface area contributed by atoms with Gasteiger partial charge in [0.2, 0.25) is 0 Å². The molecule has 4 heteroatoms. The van der Waals surface area contributed by atoms with Crippen molar-refractivity contribution in [2.45, 2.75) is 18.9 Å². The molecule has 0 aliphatic carbocycles. The van der Waals surface area contributed by atoms with Gasteiger partial charge in [-0.1, -0.05) is 12.2 Å². The van der Waals surface area contributed by atoms with Crippen LogP contribution in [0.3, 0.4) is 0 Å². The average molecular weight is 188 g/mol. The third-order valence-corrected chi connectivity index (χ3v) is 2.30. The number of ether oxygens (including phenoxy) is 1.